The highest BCUT2D eigenvalue weighted by Gasteiger charge is 2.32. The molecule has 0 atom stereocenters. The van der Waals surface area contributed by atoms with Gasteiger partial charge in [-0.3, -0.25) is 4.31 Å². The molecule has 0 aliphatic carbocycles. The molecule has 8 heteroatoms. The van der Waals surface area contributed by atoms with Crippen molar-refractivity contribution >= 4 is 27.2 Å². The summed E-state index contributed by atoms with van der Waals surface area (Å²) in [7, 11) is -2.31. The quantitative estimate of drug-likeness (QED) is 0.861. The van der Waals surface area contributed by atoms with Crippen molar-refractivity contribution in [3.63, 3.8) is 0 Å². The summed E-state index contributed by atoms with van der Waals surface area (Å²) in [5.74, 6) is 0.127. The predicted molar refractivity (Wildman–Crippen MR) is 79.3 cm³/mol. The number of benzene rings is 1. The van der Waals surface area contributed by atoms with Gasteiger partial charge in [-0.15, -0.1) is 0 Å². The van der Waals surface area contributed by atoms with Crippen LogP contribution in [-0.4, -0.2) is 33.1 Å². The molecule has 2 aromatic rings. The number of fused-ring (bicyclic) bond motifs is 1. The Morgan fingerprint density at radius 1 is 1.38 bits per heavy atom. The number of hydrogen-bond acceptors (Lipinski definition) is 6. The number of rotatable bonds is 3. The maximum Gasteiger partial charge on any atom is 0.270 e. The molecule has 0 N–H and O–H groups in total. The lowest BCUT2D eigenvalue weighted by atomic mass is 10.2. The van der Waals surface area contributed by atoms with Crippen molar-refractivity contribution in [2.45, 2.75) is 11.5 Å². The van der Waals surface area contributed by atoms with Gasteiger partial charge in [-0.25, -0.2) is 8.42 Å². The first kappa shape index (κ1) is 14.3. The van der Waals surface area contributed by atoms with Gasteiger partial charge in [-0.1, -0.05) is 18.2 Å². The van der Waals surface area contributed by atoms with Crippen molar-refractivity contribution in [1.29, 1.82) is 0 Å². The van der Waals surface area contributed by atoms with Crippen LogP contribution in [0.5, 0.6) is 5.88 Å². The maximum absolute atomic E-state index is 12.9. The van der Waals surface area contributed by atoms with Crippen LogP contribution < -0.4 is 9.04 Å². The Morgan fingerprint density at radius 3 is 3.00 bits per heavy atom. The van der Waals surface area contributed by atoms with Crippen LogP contribution in [0.15, 0.2) is 34.5 Å². The summed E-state index contributed by atoms with van der Waals surface area (Å²) in [6.07, 6.45) is 0. The van der Waals surface area contributed by atoms with Gasteiger partial charge in [0, 0.05) is 10.9 Å². The van der Waals surface area contributed by atoms with Gasteiger partial charge >= 0.3 is 0 Å². The molecule has 0 saturated carbocycles. The van der Waals surface area contributed by atoms with Gasteiger partial charge in [0.15, 0.2) is 4.90 Å². The molecule has 0 amide bonds. The topological polar surface area (TPSA) is 68.7 Å². The van der Waals surface area contributed by atoms with Crippen LogP contribution >= 0.6 is 11.5 Å². The molecule has 21 heavy (non-hydrogen) atoms. The normalized spacial score (nSPS) is 15.4. The van der Waals surface area contributed by atoms with Crippen LogP contribution in [-0.2, 0) is 21.4 Å². The zero-order valence-corrected chi connectivity index (χ0v) is 13.0. The highest BCUT2D eigenvalue weighted by molar-refractivity contribution is 7.93. The van der Waals surface area contributed by atoms with Crippen molar-refractivity contribution in [3.05, 3.63) is 35.2 Å². The summed E-state index contributed by atoms with van der Waals surface area (Å²) in [5, 5.41) is 1.49. The Kier molecular flexibility index (Phi) is 3.83. The van der Waals surface area contributed by atoms with Gasteiger partial charge in [0.1, 0.15) is 0 Å². The van der Waals surface area contributed by atoms with E-state index >= 15 is 0 Å². The minimum atomic E-state index is -3.72. The van der Waals surface area contributed by atoms with Crippen molar-refractivity contribution in [1.82, 2.24) is 4.37 Å². The lowest BCUT2D eigenvalue weighted by Crippen LogP contribution is -2.33. The Morgan fingerprint density at radius 2 is 2.19 bits per heavy atom. The van der Waals surface area contributed by atoms with E-state index < -0.39 is 10.0 Å². The second-order valence-electron chi connectivity index (χ2n) is 4.45. The van der Waals surface area contributed by atoms with E-state index in [0.717, 1.165) is 17.1 Å². The fourth-order valence-corrected chi connectivity index (χ4v) is 4.75. The van der Waals surface area contributed by atoms with Crippen molar-refractivity contribution in [2.24, 2.45) is 0 Å². The van der Waals surface area contributed by atoms with E-state index in [4.69, 9.17) is 9.47 Å². The molecule has 2 heterocycles. The third kappa shape index (κ3) is 2.50. The molecule has 0 saturated heterocycles. The number of nitrogens with zero attached hydrogens (tertiary/aromatic N) is 2. The fourth-order valence-electron chi connectivity index (χ4n) is 2.22. The zero-order valence-electron chi connectivity index (χ0n) is 11.4. The Hall–Kier alpha value is -1.64. The number of para-hydroxylation sites is 1. The van der Waals surface area contributed by atoms with E-state index in [0.29, 0.717) is 18.9 Å². The first-order valence-corrected chi connectivity index (χ1v) is 8.59. The summed E-state index contributed by atoms with van der Waals surface area (Å²) in [6.45, 7) is 1.01. The summed E-state index contributed by atoms with van der Waals surface area (Å²) in [6, 6.07) is 7.33. The minimum absolute atomic E-state index is 0.0895. The second-order valence-corrected chi connectivity index (χ2v) is 6.91. The standard InChI is InChI=1S/C13H14N2O4S2/c1-18-13-12(9-20-14-13)21(16,17)15-6-7-19-8-10-4-2-3-5-11(10)15/h2-5,9H,6-8H2,1H3. The highest BCUT2D eigenvalue weighted by Crippen LogP contribution is 2.33. The molecule has 3 rings (SSSR count). The lowest BCUT2D eigenvalue weighted by Gasteiger charge is -2.23. The predicted octanol–water partition coefficient (Wildman–Crippen LogP) is 1.88. The molecular weight excluding hydrogens is 312 g/mol. The Bertz CT molecular complexity index is 742. The summed E-state index contributed by atoms with van der Waals surface area (Å²) >= 11 is 1.06. The molecule has 1 aliphatic heterocycles. The number of aromatic nitrogens is 1. The number of hydrogen-bond donors (Lipinski definition) is 0. The van der Waals surface area contributed by atoms with Gasteiger partial charge < -0.3 is 9.47 Å². The third-order valence-corrected chi connectivity index (χ3v) is 5.79. The maximum atomic E-state index is 12.9. The van der Waals surface area contributed by atoms with Crippen LogP contribution in [0.25, 0.3) is 0 Å². The SMILES string of the molecule is COc1nscc1S(=O)(=O)N1CCOCc2ccccc21. The van der Waals surface area contributed by atoms with Crippen molar-refractivity contribution in [2.75, 3.05) is 24.6 Å². The minimum Gasteiger partial charge on any atom is -0.479 e. The highest BCUT2D eigenvalue weighted by atomic mass is 32.2. The molecule has 0 fully saturated rings. The zero-order chi connectivity index (χ0) is 14.9. The van der Waals surface area contributed by atoms with Gasteiger partial charge in [0.05, 0.1) is 32.6 Å². The van der Waals surface area contributed by atoms with E-state index in [1.165, 1.54) is 16.8 Å². The summed E-state index contributed by atoms with van der Waals surface area (Å²) in [4.78, 5) is 0.0895. The molecule has 1 aromatic carbocycles. The molecular formula is C13H14N2O4S2. The van der Waals surface area contributed by atoms with E-state index in [2.05, 4.69) is 4.37 Å². The van der Waals surface area contributed by atoms with E-state index in [9.17, 15) is 8.42 Å². The molecule has 0 radical (unpaired) electrons. The lowest BCUT2D eigenvalue weighted by molar-refractivity contribution is 0.133. The largest absolute Gasteiger partial charge is 0.479 e. The third-order valence-electron chi connectivity index (χ3n) is 3.22. The Balaban J connectivity index is 2.11. The number of anilines is 1. The molecule has 0 spiro atoms. The van der Waals surface area contributed by atoms with E-state index in [1.54, 1.807) is 6.07 Å². The molecule has 0 bridgehead atoms. The van der Waals surface area contributed by atoms with Crippen LogP contribution in [0.2, 0.25) is 0 Å². The van der Waals surface area contributed by atoms with Crippen molar-refractivity contribution in [3.8, 4) is 5.88 Å². The fraction of sp³-hybridized carbons (Fsp3) is 0.308. The van der Waals surface area contributed by atoms with Crippen molar-refractivity contribution < 1.29 is 17.9 Å². The van der Waals surface area contributed by atoms with Gasteiger partial charge in [0.25, 0.3) is 10.0 Å². The molecule has 1 aliphatic rings. The number of methoxy groups -OCH3 is 1. The average Bonchev–Trinajstić information content (AvgIpc) is 2.87. The van der Waals surface area contributed by atoms with E-state index in [1.807, 2.05) is 18.2 Å². The molecule has 1 aromatic heterocycles. The monoisotopic (exact) mass is 326 g/mol. The van der Waals surface area contributed by atoms with Gasteiger partial charge in [-0.05, 0) is 17.6 Å². The first-order chi connectivity index (χ1) is 10.1. The van der Waals surface area contributed by atoms with Gasteiger partial charge in [-0.2, -0.15) is 4.37 Å². The van der Waals surface area contributed by atoms with Crippen LogP contribution in [0.3, 0.4) is 0 Å². The molecule has 6 nitrogen and oxygen atoms in total. The van der Waals surface area contributed by atoms with Crippen LogP contribution in [0.1, 0.15) is 5.56 Å². The molecule has 112 valence electrons. The summed E-state index contributed by atoms with van der Waals surface area (Å²) in [5.41, 5.74) is 1.49. The Labute approximate surface area is 127 Å². The van der Waals surface area contributed by atoms with Crippen LogP contribution in [0, 0.1) is 0 Å². The molecule has 0 unspecified atom stereocenters. The van der Waals surface area contributed by atoms with Crippen LogP contribution in [0.4, 0.5) is 5.69 Å². The second kappa shape index (κ2) is 5.63. The number of ether oxygens (including phenoxy) is 2. The summed E-state index contributed by atoms with van der Waals surface area (Å²) < 4.78 is 41.6. The smallest absolute Gasteiger partial charge is 0.270 e. The first-order valence-electron chi connectivity index (χ1n) is 6.31. The number of sulfonamides is 1. The van der Waals surface area contributed by atoms with Gasteiger partial charge in [0.2, 0.25) is 5.88 Å². The average molecular weight is 326 g/mol. The van der Waals surface area contributed by atoms with E-state index in [-0.39, 0.29) is 17.3 Å².